The Morgan fingerprint density at radius 2 is 1.95 bits per heavy atom. The maximum Gasteiger partial charge on any atom is 0.256 e. The molecule has 0 spiro atoms. The molecule has 116 valence electrons. The molecule has 0 bridgehead atoms. The predicted molar refractivity (Wildman–Crippen MR) is 84.9 cm³/mol. The van der Waals surface area contributed by atoms with Crippen LogP contribution in [0.1, 0.15) is 35.8 Å². The van der Waals surface area contributed by atoms with Crippen LogP contribution >= 0.6 is 11.6 Å². The summed E-state index contributed by atoms with van der Waals surface area (Å²) < 4.78 is 19.1. The van der Waals surface area contributed by atoms with E-state index in [1.807, 2.05) is 38.1 Å². The van der Waals surface area contributed by atoms with E-state index in [1.54, 1.807) is 0 Å². The van der Waals surface area contributed by atoms with Gasteiger partial charge >= 0.3 is 0 Å². The van der Waals surface area contributed by atoms with E-state index in [0.717, 1.165) is 11.3 Å². The average Bonchev–Trinajstić information content (AvgIpc) is 2.48. The molecule has 0 saturated carbocycles. The Morgan fingerprint density at radius 1 is 1.27 bits per heavy atom. The highest BCUT2D eigenvalue weighted by molar-refractivity contribution is 6.33. The normalized spacial score (nSPS) is 11.8. The molecule has 1 unspecified atom stereocenters. The molecule has 3 nitrogen and oxygen atoms in total. The first-order chi connectivity index (χ1) is 10.5. The highest BCUT2D eigenvalue weighted by atomic mass is 35.5. The van der Waals surface area contributed by atoms with Gasteiger partial charge in [-0.2, -0.15) is 0 Å². The van der Waals surface area contributed by atoms with Crippen LogP contribution in [0.25, 0.3) is 0 Å². The Bertz CT molecular complexity index is 638. The van der Waals surface area contributed by atoms with Crippen molar-refractivity contribution in [2.45, 2.75) is 19.9 Å². The molecule has 0 aliphatic rings. The highest BCUT2D eigenvalue weighted by Crippen LogP contribution is 2.21. The number of hydrogen-bond acceptors (Lipinski definition) is 2. The second kappa shape index (κ2) is 7.27. The van der Waals surface area contributed by atoms with Crippen LogP contribution in [0.2, 0.25) is 5.02 Å². The van der Waals surface area contributed by atoms with Crippen molar-refractivity contribution in [3.8, 4) is 5.75 Å². The molecule has 2 rings (SSSR count). The van der Waals surface area contributed by atoms with Gasteiger partial charge in [-0.1, -0.05) is 29.8 Å². The molecule has 22 heavy (non-hydrogen) atoms. The van der Waals surface area contributed by atoms with Crippen molar-refractivity contribution in [1.29, 1.82) is 0 Å². The Hall–Kier alpha value is -2.07. The van der Waals surface area contributed by atoms with Crippen molar-refractivity contribution in [2.75, 3.05) is 6.61 Å². The summed E-state index contributed by atoms with van der Waals surface area (Å²) in [5.74, 6) is -0.407. The van der Waals surface area contributed by atoms with Crippen LogP contribution in [0, 0.1) is 5.82 Å². The van der Waals surface area contributed by atoms with Gasteiger partial charge in [0.25, 0.3) is 5.91 Å². The topological polar surface area (TPSA) is 38.3 Å². The summed E-state index contributed by atoms with van der Waals surface area (Å²) in [5, 5.41) is 2.84. The fourth-order valence-electron chi connectivity index (χ4n) is 2.09. The lowest BCUT2D eigenvalue weighted by Crippen LogP contribution is -2.27. The first-order valence-electron chi connectivity index (χ1n) is 7.00. The van der Waals surface area contributed by atoms with Gasteiger partial charge in [0.15, 0.2) is 0 Å². The molecule has 0 saturated heterocycles. The van der Waals surface area contributed by atoms with Gasteiger partial charge in [-0.3, -0.25) is 4.79 Å². The quantitative estimate of drug-likeness (QED) is 0.888. The van der Waals surface area contributed by atoms with Crippen LogP contribution in [0.15, 0.2) is 42.5 Å². The molecular weight excluding hydrogens is 305 g/mol. The summed E-state index contributed by atoms with van der Waals surface area (Å²) in [6.07, 6.45) is 0. The maximum atomic E-state index is 13.7. The zero-order valence-corrected chi connectivity index (χ0v) is 13.2. The average molecular weight is 322 g/mol. The lowest BCUT2D eigenvalue weighted by molar-refractivity contribution is 0.0936. The first kappa shape index (κ1) is 16.3. The Morgan fingerprint density at radius 3 is 2.55 bits per heavy atom. The number of carbonyl (C=O) groups is 1. The molecule has 2 aromatic rings. The number of nitrogens with one attached hydrogen (secondary N) is 1. The molecule has 0 radical (unpaired) electrons. The minimum atomic E-state index is -0.635. The Kier molecular flexibility index (Phi) is 5.39. The third kappa shape index (κ3) is 3.77. The van der Waals surface area contributed by atoms with Crippen molar-refractivity contribution in [3.05, 3.63) is 64.4 Å². The van der Waals surface area contributed by atoms with Crippen molar-refractivity contribution in [3.63, 3.8) is 0 Å². The van der Waals surface area contributed by atoms with E-state index in [2.05, 4.69) is 5.32 Å². The van der Waals surface area contributed by atoms with Crippen molar-refractivity contribution >= 4 is 17.5 Å². The lowest BCUT2D eigenvalue weighted by Gasteiger charge is -2.16. The van der Waals surface area contributed by atoms with Gasteiger partial charge < -0.3 is 10.1 Å². The van der Waals surface area contributed by atoms with Crippen LogP contribution < -0.4 is 10.1 Å². The van der Waals surface area contributed by atoms with Gasteiger partial charge in [-0.05, 0) is 43.7 Å². The number of carbonyl (C=O) groups excluding carboxylic acids is 1. The second-order valence-corrected chi connectivity index (χ2v) is 5.20. The van der Waals surface area contributed by atoms with Crippen molar-refractivity contribution < 1.29 is 13.9 Å². The summed E-state index contributed by atoms with van der Waals surface area (Å²) >= 11 is 5.89. The zero-order chi connectivity index (χ0) is 16.1. The van der Waals surface area contributed by atoms with Crippen LogP contribution in [-0.4, -0.2) is 12.5 Å². The minimum absolute atomic E-state index is 0.0939. The second-order valence-electron chi connectivity index (χ2n) is 4.79. The highest BCUT2D eigenvalue weighted by Gasteiger charge is 2.18. The summed E-state index contributed by atoms with van der Waals surface area (Å²) in [6, 6.07) is 11.3. The number of amides is 1. The summed E-state index contributed by atoms with van der Waals surface area (Å²) in [4.78, 5) is 12.2. The molecule has 1 N–H and O–H groups in total. The minimum Gasteiger partial charge on any atom is -0.494 e. The van der Waals surface area contributed by atoms with E-state index in [9.17, 15) is 9.18 Å². The molecular formula is C17H17ClFNO2. The molecule has 0 aliphatic carbocycles. The van der Waals surface area contributed by atoms with Gasteiger partial charge in [0.05, 0.1) is 23.2 Å². The molecule has 0 aromatic heterocycles. The molecule has 1 atom stereocenters. The summed E-state index contributed by atoms with van der Waals surface area (Å²) in [5.41, 5.74) is 0.756. The predicted octanol–water partition coefficient (Wildman–Crippen LogP) is 4.37. The number of benzene rings is 2. The van der Waals surface area contributed by atoms with Gasteiger partial charge in [0.1, 0.15) is 11.6 Å². The van der Waals surface area contributed by atoms with Crippen LogP contribution in [0.3, 0.4) is 0 Å². The zero-order valence-electron chi connectivity index (χ0n) is 12.4. The van der Waals surface area contributed by atoms with E-state index in [4.69, 9.17) is 16.3 Å². The third-order valence-corrected chi connectivity index (χ3v) is 3.54. The standard InChI is InChI=1S/C17H17ClFNO2/c1-3-22-13-9-7-12(8-10-13)11(2)20-17(21)16-14(18)5-4-6-15(16)19/h4-11H,3H2,1-2H3,(H,20,21). The van der Waals surface area contributed by atoms with Gasteiger partial charge in [0, 0.05) is 0 Å². The van der Waals surface area contributed by atoms with E-state index < -0.39 is 11.7 Å². The Balaban J connectivity index is 2.11. The smallest absolute Gasteiger partial charge is 0.256 e. The van der Waals surface area contributed by atoms with Gasteiger partial charge in [-0.25, -0.2) is 4.39 Å². The van der Waals surface area contributed by atoms with Crippen LogP contribution in [0.5, 0.6) is 5.75 Å². The Labute approximate surface area is 134 Å². The van der Waals surface area contributed by atoms with Gasteiger partial charge in [0.2, 0.25) is 0 Å². The number of rotatable bonds is 5. The molecule has 0 aliphatic heterocycles. The number of halogens is 2. The van der Waals surface area contributed by atoms with Crippen molar-refractivity contribution in [2.24, 2.45) is 0 Å². The summed E-state index contributed by atoms with van der Waals surface area (Å²) in [6.45, 7) is 4.33. The largest absolute Gasteiger partial charge is 0.494 e. The molecule has 1 amide bonds. The van der Waals surface area contributed by atoms with E-state index in [-0.39, 0.29) is 16.6 Å². The van der Waals surface area contributed by atoms with Crippen LogP contribution in [-0.2, 0) is 0 Å². The SMILES string of the molecule is CCOc1ccc(C(C)NC(=O)c2c(F)cccc2Cl)cc1. The molecule has 2 aromatic carbocycles. The van der Waals surface area contributed by atoms with E-state index >= 15 is 0 Å². The lowest BCUT2D eigenvalue weighted by atomic mass is 10.1. The molecule has 0 heterocycles. The van der Waals surface area contributed by atoms with Crippen molar-refractivity contribution in [1.82, 2.24) is 5.32 Å². The molecule has 0 fully saturated rings. The number of ether oxygens (including phenoxy) is 1. The number of hydrogen-bond donors (Lipinski definition) is 1. The van der Waals surface area contributed by atoms with E-state index in [0.29, 0.717) is 6.61 Å². The summed E-state index contributed by atoms with van der Waals surface area (Å²) in [7, 11) is 0. The fraction of sp³-hybridized carbons (Fsp3) is 0.235. The molecule has 5 heteroatoms. The fourth-order valence-corrected chi connectivity index (χ4v) is 2.34. The third-order valence-electron chi connectivity index (χ3n) is 3.23. The first-order valence-corrected chi connectivity index (χ1v) is 7.38. The van der Waals surface area contributed by atoms with Gasteiger partial charge in [-0.15, -0.1) is 0 Å². The van der Waals surface area contributed by atoms with Crippen LogP contribution in [0.4, 0.5) is 4.39 Å². The van der Waals surface area contributed by atoms with E-state index in [1.165, 1.54) is 18.2 Å². The maximum absolute atomic E-state index is 13.7. The monoisotopic (exact) mass is 321 g/mol.